The third kappa shape index (κ3) is 0.704. The van der Waals surface area contributed by atoms with Crippen LogP contribution in [0.4, 0.5) is 0 Å². The predicted molar refractivity (Wildman–Crippen MR) is 51.4 cm³/mol. The van der Waals surface area contributed by atoms with Gasteiger partial charge in [-0.15, -0.1) is 0 Å². The molecule has 14 heavy (non-hydrogen) atoms. The Morgan fingerprint density at radius 3 is 1.71 bits per heavy atom. The van der Waals surface area contributed by atoms with Crippen molar-refractivity contribution >= 4 is 0 Å². The van der Waals surface area contributed by atoms with Crippen LogP contribution in [0.15, 0.2) is 0 Å². The Bertz CT molecular complexity index is 251. The quantitative estimate of drug-likeness (QED) is 0.565. The van der Waals surface area contributed by atoms with Crippen LogP contribution in [0.1, 0.15) is 25.7 Å². The second-order valence-electron chi connectivity index (χ2n) is 6.03. The Labute approximate surface area is 84.3 Å². The second-order valence-corrected chi connectivity index (χ2v) is 6.03. The first-order valence-corrected chi connectivity index (χ1v) is 6.13. The van der Waals surface area contributed by atoms with Gasteiger partial charge < -0.3 is 10.2 Å². The fourth-order valence-electron chi connectivity index (χ4n) is 5.52. The second kappa shape index (κ2) is 2.35. The van der Waals surface area contributed by atoms with Crippen LogP contribution in [0.3, 0.4) is 0 Å². The van der Waals surface area contributed by atoms with Gasteiger partial charge >= 0.3 is 0 Å². The molecule has 0 heterocycles. The molecule has 4 aliphatic carbocycles. The number of fused-ring (bicyclic) bond motifs is 9. The summed E-state index contributed by atoms with van der Waals surface area (Å²) in [6.45, 7) is 0. The molecule has 4 fully saturated rings. The first-order chi connectivity index (χ1) is 6.77. The van der Waals surface area contributed by atoms with E-state index in [1.807, 2.05) is 0 Å². The maximum atomic E-state index is 9.91. The molecule has 2 nitrogen and oxygen atoms in total. The normalized spacial score (nSPS) is 69.0. The third-order valence-electron chi connectivity index (χ3n) is 5.81. The van der Waals surface area contributed by atoms with Crippen molar-refractivity contribution in [2.24, 2.45) is 35.5 Å². The van der Waals surface area contributed by atoms with E-state index in [0.29, 0.717) is 11.8 Å². The van der Waals surface area contributed by atoms with E-state index in [-0.39, 0.29) is 12.2 Å². The van der Waals surface area contributed by atoms with Crippen LogP contribution in [-0.2, 0) is 0 Å². The molecule has 4 saturated carbocycles. The summed E-state index contributed by atoms with van der Waals surface area (Å²) in [5.41, 5.74) is 0. The fraction of sp³-hybridized carbons (Fsp3) is 1.00. The average Bonchev–Trinajstić information content (AvgIpc) is 2.87. The molecule has 2 N–H and O–H groups in total. The maximum Gasteiger partial charge on any atom is 0.0833 e. The van der Waals surface area contributed by atoms with E-state index in [9.17, 15) is 10.2 Å². The van der Waals surface area contributed by atoms with E-state index in [4.69, 9.17) is 0 Å². The molecule has 0 aromatic carbocycles. The van der Waals surface area contributed by atoms with E-state index in [1.54, 1.807) is 0 Å². The standard InChI is InChI=1S/C12H18O2/c13-11-7-4-8(12(11)14)10-6-2-1-5(3-6)9(7)10/h5-14H,1-4H2/t5-,6?,7-,8+,9?,10?,11-,12+/m1/s1. The van der Waals surface area contributed by atoms with Gasteiger partial charge in [-0.05, 0) is 61.2 Å². The lowest BCUT2D eigenvalue weighted by atomic mass is 9.69. The summed E-state index contributed by atoms with van der Waals surface area (Å²) in [6.07, 6.45) is 4.54. The van der Waals surface area contributed by atoms with Crippen molar-refractivity contribution in [3.8, 4) is 0 Å². The van der Waals surface area contributed by atoms with Crippen molar-refractivity contribution in [3.63, 3.8) is 0 Å². The molecular formula is C12H18O2. The van der Waals surface area contributed by atoms with E-state index >= 15 is 0 Å². The Morgan fingerprint density at radius 2 is 1.21 bits per heavy atom. The van der Waals surface area contributed by atoms with Crippen molar-refractivity contribution in [1.82, 2.24) is 0 Å². The molecule has 4 bridgehead atoms. The summed E-state index contributed by atoms with van der Waals surface area (Å²) in [6, 6.07) is 0. The van der Waals surface area contributed by atoms with Crippen LogP contribution in [0.25, 0.3) is 0 Å². The maximum absolute atomic E-state index is 9.91. The number of aliphatic hydroxyl groups excluding tert-OH is 2. The molecular weight excluding hydrogens is 176 g/mol. The molecule has 2 heteroatoms. The molecule has 0 aromatic rings. The van der Waals surface area contributed by atoms with Crippen LogP contribution >= 0.6 is 0 Å². The molecule has 8 atom stereocenters. The number of hydrogen-bond acceptors (Lipinski definition) is 2. The monoisotopic (exact) mass is 194 g/mol. The van der Waals surface area contributed by atoms with Gasteiger partial charge in [0.05, 0.1) is 12.2 Å². The van der Waals surface area contributed by atoms with Crippen LogP contribution < -0.4 is 0 Å². The molecule has 0 radical (unpaired) electrons. The summed E-state index contributed by atoms with van der Waals surface area (Å²) in [7, 11) is 0. The highest BCUT2D eigenvalue weighted by Gasteiger charge is 2.65. The molecule has 3 unspecified atom stereocenters. The van der Waals surface area contributed by atoms with E-state index in [1.165, 1.54) is 19.3 Å². The van der Waals surface area contributed by atoms with Crippen LogP contribution in [0.2, 0.25) is 0 Å². The Balaban J connectivity index is 1.74. The van der Waals surface area contributed by atoms with E-state index < -0.39 is 0 Å². The molecule has 4 rings (SSSR count). The number of aliphatic hydroxyl groups is 2. The Kier molecular flexibility index (Phi) is 1.37. The SMILES string of the molecule is O[C@@H]1[C@H](O)[C@@H]2C[C@H]1C1C3CC[C@H](C3)C12. The van der Waals surface area contributed by atoms with Gasteiger partial charge in [0.15, 0.2) is 0 Å². The van der Waals surface area contributed by atoms with Gasteiger partial charge in [-0.1, -0.05) is 0 Å². The molecule has 0 aliphatic heterocycles. The van der Waals surface area contributed by atoms with Gasteiger partial charge in [0.25, 0.3) is 0 Å². The molecule has 0 amide bonds. The molecule has 0 aromatic heterocycles. The summed E-state index contributed by atoms with van der Waals surface area (Å²) < 4.78 is 0. The van der Waals surface area contributed by atoms with Gasteiger partial charge in [0.1, 0.15) is 0 Å². The highest BCUT2D eigenvalue weighted by molar-refractivity contribution is 5.14. The van der Waals surface area contributed by atoms with Crippen LogP contribution in [0, 0.1) is 35.5 Å². The van der Waals surface area contributed by atoms with Gasteiger partial charge in [-0.25, -0.2) is 0 Å². The minimum Gasteiger partial charge on any atom is -0.390 e. The zero-order valence-electron chi connectivity index (χ0n) is 8.34. The summed E-state index contributed by atoms with van der Waals surface area (Å²) in [5.74, 6) is 4.30. The molecule has 78 valence electrons. The fourth-order valence-corrected chi connectivity index (χ4v) is 5.52. The van der Waals surface area contributed by atoms with Gasteiger partial charge in [0, 0.05) is 0 Å². The van der Waals surface area contributed by atoms with Gasteiger partial charge in [-0.3, -0.25) is 0 Å². The molecule has 4 aliphatic rings. The highest BCUT2D eigenvalue weighted by atomic mass is 16.3. The number of hydrogen-bond donors (Lipinski definition) is 2. The van der Waals surface area contributed by atoms with Crippen LogP contribution in [0.5, 0.6) is 0 Å². The zero-order chi connectivity index (χ0) is 9.45. The van der Waals surface area contributed by atoms with Crippen molar-refractivity contribution in [2.45, 2.75) is 37.9 Å². The minimum absolute atomic E-state index is 0.388. The largest absolute Gasteiger partial charge is 0.390 e. The first-order valence-electron chi connectivity index (χ1n) is 6.13. The lowest BCUT2D eigenvalue weighted by molar-refractivity contribution is -0.0685. The molecule has 0 spiro atoms. The minimum atomic E-state index is -0.388. The topological polar surface area (TPSA) is 40.5 Å². The molecule has 0 saturated heterocycles. The average molecular weight is 194 g/mol. The lowest BCUT2D eigenvalue weighted by Crippen LogP contribution is -2.44. The zero-order valence-corrected chi connectivity index (χ0v) is 8.34. The van der Waals surface area contributed by atoms with E-state index in [2.05, 4.69) is 0 Å². The van der Waals surface area contributed by atoms with Crippen molar-refractivity contribution in [1.29, 1.82) is 0 Å². The van der Waals surface area contributed by atoms with Crippen molar-refractivity contribution < 1.29 is 10.2 Å². The summed E-state index contributed by atoms with van der Waals surface area (Å²) in [4.78, 5) is 0. The first kappa shape index (κ1) is 8.12. The van der Waals surface area contributed by atoms with Gasteiger partial charge in [-0.2, -0.15) is 0 Å². The highest BCUT2D eigenvalue weighted by Crippen LogP contribution is 2.67. The number of rotatable bonds is 0. The Hall–Kier alpha value is -0.0800. The summed E-state index contributed by atoms with van der Waals surface area (Å²) in [5, 5.41) is 19.8. The lowest BCUT2D eigenvalue weighted by Gasteiger charge is -2.39. The van der Waals surface area contributed by atoms with E-state index in [0.717, 1.165) is 30.1 Å². The van der Waals surface area contributed by atoms with Crippen molar-refractivity contribution in [2.75, 3.05) is 0 Å². The van der Waals surface area contributed by atoms with Crippen molar-refractivity contribution in [3.05, 3.63) is 0 Å². The van der Waals surface area contributed by atoms with Crippen LogP contribution in [-0.4, -0.2) is 22.4 Å². The smallest absolute Gasteiger partial charge is 0.0833 e. The van der Waals surface area contributed by atoms with Gasteiger partial charge in [0.2, 0.25) is 0 Å². The predicted octanol–water partition coefficient (Wildman–Crippen LogP) is 1.02. The summed E-state index contributed by atoms with van der Waals surface area (Å²) >= 11 is 0. The Morgan fingerprint density at radius 1 is 0.714 bits per heavy atom. The third-order valence-corrected chi connectivity index (χ3v) is 5.81.